The molecule has 2 aliphatic heterocycles. The SMILES string of the molecule is COCCN1CCC2(C1)CN(C(=O)Cn1cc(Cl)cn1)C2.O=C(O)C(F)(F)F.O=C(O)C(F)(F)F. The van der Waals surface area contributed by atoms with Crippen LogP contribution in [-0.4, -0.2) is 106 Å². The Bertz CT molecular complexity index is 848. The maximum atomic E-state index is 12.2. The van der Waals surface area contributed by atoms with Gasteiger partial charge in [-0.3, -0.25) is 9.48 Å². The average molecular weight is 541 g/mol. The Labute approximate surface area is 200 Å². The van der Waals surface area contributed by atoms with E-state index < -0.39 is 24.3 Å². The highest BCUT2D eigenvalue weighted by molar-refractivity contribution is 6.30. The summed E-state index contributed by atoms with van der Waals surface area (Å²) < 4.78 is 70.2. The van der Waals surface area contributed by atoms with Crippen LogP contribution in [0, 0.1) is 5.41 Å². The fraction of sp³-hybridized carbons (Fsp3) is 0.667. The quantitative estimate of drug-likeness (QED) is 0.543. The summed E-state index contributed by atoms with van der Waals surface area (Å²) in [5.74, 6) is -5.39. The summed E-state index contributed by atoms with van der Waals surface area (Å²) in [6.45, 7) is 5.95. The lowest BCUT2D eigenvalue weighted by Crippen LogP contribution is -2.60. The maximum absolute atomic E-state index is 12.2. The van der Waals surface area contributed by atoms with Crippen LogP contribution in [-0.2, 0) is 25.7 Å². The number of hydrogen-bond donors (Lipinski definition) is 2. The molecule has 200 valence electrons. The number of carboxylic acid groups (broad SMARTS) is 2. The molecule has 0 unspecified atom stereocenters. The topological polar surface area (TPSA) is 125 Å². The lowest BCUT2D eigenvalue weighted by Gasteiger charge is -2.48. The minimum atomic E-state index is -5.08. The summed E-state index contributed by atoms with van der Waals surface area (Å²) in [5, 5.41) is 18.9. The highest BCUT2D eigenvalue weighted by Crippen LogP contribution is 2.39. The van der Waals surface area contributed by atoms with Crippen molar-refractivity contribution in [2.45, 2.75) is 25.3 Å². The number of aliphatic carboxylic acids is 2. The first-order valence-corrected chi connectivity index (χ1v) is 10.1. The maximum Gasteiger partial charge on any atom is 0.490 e. The number of carboxylic acids is 2. The molecule has 1 aromatic heterocycles. The number of halogens is 7. The van der Waals surface area contributed by atoms with Crippen LogP contribution >= 0.6 is 11.6 Å². The number of carbonyl (C=O) groups is 3. The number of amides is 1. The van der Waals surface area contributed by atoms with Gasteiger partial charge in [0.15, 0.2) is 0 Å². The summed E-state index contributed by atoms with van der Waals surface area (Å²) >= 11 is 5.80. The van der Waals surface area contributed by atoms with Gasteiger partial charge in [0, 0.05) is 44.9 Å². The van der Waals surface area contributed by atoms with E-state index in [2.05, 4.69) is 10.00 Å². The molecule has 0 aromatic carbocycles. The second-order valence-electron chi connectivity index (χ2n) is 7.73. The zero-order valence-electron chi connectivity index (χ0n) is 18.3. The lowest BCUT2D eigenvalue weighted by atomic mass is 9.79. The van der Waals surface area contributed by atoms with Crippen LogP contribution in [0.1, 0.15) is 6.42 Å². The van der Waals surface area contributed by atoms with E-state index >= 15 is 0 Å². The molecular weight excluding hydrogens is 518 g/mol. The van der Waals surface area contributed by atoms with Gasteiger partial charge < -0.3 is 24.7 Å². The first-order valence-electron chi connectivity index (χ1n) is 9.76. The van der Waals surface area contributed by atoms with E-state index in [9.17, 15) is 31.1 Å². The van der Waals surface area contributed by atoms with Crippen molar-refractivity contribution in [3.63, 3.8) is 0 Å². The zero-order valence-corrected chi connectivity index (χ0v) is 19.0. The van der Waals surface area contributed by atoms with Gasteiger partial charge in [0.2, 0.25) is 5.91 Å². The number of aromatic nitrogens is 2. The summed E-state index contributed by atoms with van der Waals surface area (Å²) in [4.78, 5) is 34.3. The summed E-state index contributed by atoms with van der Waals surface area (Å²) in [6.07, 6.45) is -5.76. The molecule has 3 heterocycles. The number of nitrogens with zero attached hydrogens (tertiary/aromatic N) is 4. The smallest absolute Gasteiger partial charge is 0.475 e. The van der Waals surface area contributed by atoms with Gasteiger partial charge in [-0.15, -0.1) is 0 Å². The van der Waals surface area contributed by atoms with Crippen molar-refractivity contribution in [1.29, 1.82) is 0 Å². The van der Waals surface area contributed by atoms with Crippen molar-refractivity contribution in [2.24, 2.45) is 5.41 Å². The van der Waals surface area contributed by atoms with E-state index in [-0.39, 0.29) is 12.5 Å². The van der Waals surface area contributed by atoms with Crippen LogP contribution in [0.15, 0.2) is 12.4 Å². The van der Waals surface area contributed by atoms with Crippen molar-refractivity contribution in [3.8, 4) is 0 Å². The molecule has 0 saturated carbocycles. The molecule has 3 rings (SSSR count). The molecule has 10 nitrogen and oxygen atoms in total. The van der Waals surface area contributed by atoms with Crippen LogP contribution in [0.5, 0.6) is 0 Å². The Morgan fingerprint density at radius 2 is 1.60 bits per heavy atom. The van der Waals surface area contributed by atoms with Crippen LogP contribution in [0.3, 0.4) is 0 Å². The number of rotatable bonds is 5. The molecule has 1 aromatic rings. The van der Waals surface area contributed by atoms with Gasteiger partial charge in [-0.25, -0.2) is 9.59 Å². The number of ether oxygens (including phenoxy) is 1. The Morgan fingerprint density at radius 1 is 1.09 bits per heavy atom. The van der Waals surface area contributed by atoms with Gasteiger partial charge in [0.25, 0.3) is 0 Å². The Hall–Kier alpha value is -2.59. The first-order chi connectivity index (χ1) is 16.0. The van der Waals surface area contributed by atoms with Crippen LogP contribution in [0.4, 0.5) is 26.3 Å². The molecule has 0 radical (unpaired) electrons. The van der Waals surface area contributed by atoms with Crippen molar-refractivity contribution < 1.29 is 55.7 Å². The highest BCUT2D eigenvalue weighted by Gasteiger charge is 2.48. The van der Waals surface area contributed by atoms with Crippen molar-refractivity contribution >= 4 is 29.4 Å². The lowest BCUT2D eigenvalue weighted by molar-refractivity contribution is -0.193. The molecule has 1 amide bonds. The second-order valence-corrected chi connectivity index (χ2v) is 8.17. The van der Waals surface area contributed by atoms with E-state index in [0.717, 1.165) is 39.3 Å². The van der Waals surface area contributed by atoms with Crippen molar-refractivity contribution in [1.82, 2.24) is 19.6 Å². The molecule has 2 N–H and O–H groups in total. The summed E-state index contributed by atoms with van der Waals surface area (Å²) in [7, 11) is 1.73. The Morgan fingerprint density at radius 3 is 2.00 bits per heavy atom. The van der Waals surface area contributed by atoms with E-state index in [1.807, 2.05) is 4.90 Å². The van der Waals surface area contributed by atoms with Gasteiger partial charge in [-0.05, 0) is 13.0 Å². The van der Waals surface area contributed by atoms with Crippen molar-refractivity contribution in [2.75, 3.05) is 46.4 Å². The van der Waals surface area contributed by atoms with E-state index in [0.29, 0.717) is 10.4 Å². The highest BCUT2D eigenvalue weighted by atomic mass is 35.5. The molecular formula is C18H23ClF6N4O6. The third kappa shape index (κ3) is 10.3. The molecule has 2 aliphatic rings. The summed E-state index contributed by atoms with van der Waals surface area (Å²) in [5.41, 5.74) is 0.311. The van der Waals surface area contributed by atoms with E-state index in [4.69, 9.17) is 36.1 Å². The number of hydrogen-bond acceptors (Lipinski definition) is 6. The number of methoxy groups -OCH3 is 1. The molecule has 0 bridgehead atoms. The molecule has 2 saturated heterocycles. The van der Waals surface area contributed by atoms with E-state index in [1.165, 1.54) is 6.42 Å². The fourth-order valence-corrected chi connectivity index (χ4v) is 3.46. The number of alkyl halides is 6. The van der Waals surface area contributed by atoms with Crippen molar-refractivity contribution in [3.05, 3.63) is 17.4 Å². The molecule has 2 fully saturated rings. The minimum absolute atomic E-state index is 0.121. The first kappa shape index (κ1) is 30.4. The van der Waals surface area contributed by atoms with Gasteiger partial charge in [-0.1, -0.05) is 11.6 Å². The Kier molecular flexibility index (Phi) is 10.8. The second kappa shape index (κ2) is 12.4. The zero-order chi connectivity index (χ0) is 27.0. The standard InChI is InChI=1S/C14H21ClN4O2.2C2HF3O2/c1-21-5-4-17-3-2-14(9-17)10-18(11-14)13(20)8-19-7-12(15)6-16-19;2*3-2(4,5)1(6)7/h6-7H,2-5,8-11H2,1H3;2*(H,6,7). The molecule has 0 aliphatic carbocycles. The van der Waals surface area contributed by atoms with Crippen LogP contribution in [0.25, 0.3) is 0 Å². The third-order valence-electron chi connectivity index (χ3n) is 4.92. The third-order valence-corrected chi connectivity index (χ3v) is 5.11. The Balaban J connectivity index is 0.000000362. The molecule has 0 atom stereocenters. The van der Waals surface area contributed by atoms with Crippen LogP contribution in [0.2, 0.25) is 5.02 Å². The normalized spacial score (nSPS) is 17.1. The van der Waals surface area contributed by atoms with Gasteiger partial charge in [0.1, 0.15) is 6.54 Å². The largest absolute Gasteiger partial charge is 0.490 e. The predicted octanol–water partition coefficient (Wildman–Crippen LogP) is 1.98. The summed E-state index contributed by atoms with van der Waals surface area (Å²) in [6, 6.07) is 0. The molecule has 1 spiro atoms. The average Bonchev–Trinajstić information content (AvgIpc) is 3.31. The van der Waals surface area contributed by atoms with Gasteiger partial charge in [0.05, 0.1) is 17.8 Å². The van der Waals surface area contributed by atoms with Gasteiger partial charge in [-0.2, -0.15) is 31.4 Å². The number of likely N-dealkylation sites (tertiary alicyclic amines) is 2. The number of carbonyl (C=O) groups excluding carboxylic acids is 1. The molecule has 35 heavy (non-hydrogen) atoms. The van der Waals surface area contributed by atoms with E-state index in [1.54, 1.807) is 24.2 Å². The van der Waals surface area contributed by atoms with Crippen LogP contribution < -0.4 is 0 Å². The molecule has 17 heteroatoms. The predicted molar refractivity (Wildman–Crippen MR) is 107 cm³/mol. The fourth-order valence-electron chi connectivity index (χ4n) is 3.30. The monoisotopic (exact) mass is 540 g/mol. The minimum Gasteiger partial charge on any atom is -0.475 e. The van der Waals surface area contributed by atoms with Gasteiger partial charge >= 0.3 is 24.3 Å².